The first kappa shape index (κ1) is 29.2. The van der Waals surface area contributed by atoms with Crippen molar-refractivity contribution in [3.05, 3.63) is 113 Å². The number of halogens is 3. The largest absolute Gasteiger partial charge is 0.496 e. The summed E-state index contributed by atoms with van der Waals surface area (Å²) < 4.78 is 45.7. The molecule has 4 aromatic rings. The predicted octanol–water partition coefficient (Wildman–Crippen LogP) is 7.04. The third-order valence-electron chi connectivity index (χ3n) is 8.44. The summed E-state index contributed by atoms with van der Waals surface area (Å²) in [6.45, 7) is 1.79. The minimum absolute atomic E-state index is 0.0369. The van der Waals surface area contributed by atoms with Crippen LogP contribution in [0.1, 0.15) is 47.9 Å². The van der Waals surface area contributed by atoms with Crippen LogP contribution >= 0.6 is 0 Å². The van der Waals surface area contributed by atoms with Gasteiger partial charge in [0.15, 0.2) is 0 Å². The molecule has 2 atom stereocenters. The number of hydrogen-bond acceptors (Lipinski definition) is 4. The molecule has 0 aliphatic carbocycles. The van der Waals surface area contributed by atoms with Crippen molar-refractivity contribution >= 4 is 16.7 Å². The fourth-order valence-corrected chi connectivity index (χ4v) is 6.11. The third-order valence-corrected chi connectivity index (χ3v) is 8.44. The molecule has 1 heterocycles. The summed E-state index contributed by atoms with van der Waals surface area (Å²) >= 11 is 0. The Morgan fingerprint density at radius 3 is 2.26 bits per heavy atom. The van der Waals surface area contributed by atoms with Gasteiger partial charge in [-0.1, -0.05) is 72.8 Å². The lowest BCUT2D eigenvalue weighted by molar-refractivity contribution is -0.143. The second-order valence-electron chi connectivity index (χ2n) is 11.0. The number of rotatable bonds is 6. The van der Waals surface area contributed by atoms with Crippen molar-refractivity contribution in [2.75, 3.05) is 20.2 Å². The van der Waals surface area contributed by atoms with Gasteiger partial charge in [0.2, 0.25) is 5.91 Å². The number of likely N-dealkylation sites (tertiary alicyclic amines) is 1. The maximum Gasteiger partial charge on any atom is 0.416 e. The van der Waals surface area contributed by atoms with Crippen molar-refractivity contribution in [3.63, 3.8) is 0 Å². The minimum Gasteiger partial charge on any atom is -0.496 e. The number of nitrogens with zero attached hydrogens (tertiary/aromatic N) is 2. The number of alkyl halides is 3. The van der Waals surface area contributed by atoms with Crippen LogP contribution in [0.15, 0.2) is 91.0 Å². The molecule has 1 fully saturated rings. The molecule has 0 saturated carbocycles. The fourth-order valence-electron chi connectivity index (χ4n) is 6.11. The van der Waals surface area contributed by atoms with Crippen LogP contribution < -0.4 is 4.74 Å². The highest BCUT2D eigenvalue weighted by Gasteiger charge is 2.49. The Morgan fingerprint density at radius 2 is 1.57 bits per heavy atom. The zero-order chi connectivity index (χ0) is 30.1. The molecular weight excluding hydrogens is 541 g/mol. The van der Waals surface area contributed by atoms with Crippen LogP contribution in [0.2, 0.25) is 0 Å². The van der Waals surface area contributed by atoms with Gasteiger partial charge in [-0.15, -0.1) is 0 Å². The summed E-state index contributed by atoms with van der Waals surface area (Å²) in [4.78, 5) is 15.9. The molecule has 4 aromatic carbocycles. The maximum atomic E-state index is 14.3. The number of benzene rings is 4. The van der Waals surface area contributed by atoms with Gasteiger partial charge in [0.05, 0.1) is 24.3 Å². The summed E-state index contributed by atoms with van der Waals surface area (Å²) in [6.07, 6.45) is -4.46. The molecule has 216 valence electrons. The highest BCUT2D eigenvalue weighted by molar-refractivity contribution is 5.91. The Bertz CT molecular complexity index is 1650. The van der Waals surface area contributed by atoms with Gasteiger partial charge in [0.25, 0.3) is 0 Å². The second-order valence-corrected chi connectivity index (χ2v) is 11.0. The van der Waals surface area contributed by atoms with E-state index >= 15 is 0 Å². The van der Waals surface area contributed by atoms with E-state index in [1.54, 1.807) is 25.0 Å². The van der Waals surface area contributed by atoms with Gasteiger partial charge >= 0.3 is 6.18 Å². The van der Waals surface area contributed by atoms with Gasteiger partial charge in [-0.05, 0) is 59.9 Å². The summed E-state index contributed by atoms with van der Waals surface area (Å²) in [5.74, 6) is -0.580. The molecule has 0 radical (unpaired) electrons. The zero-order valence-corrected chi connectivity index (χ0v) is 23.4. The van der Waals surface area contributed by atoms with Crippen LogP contribution in [0.4, 0.5) is 13.2 Å². The number of piperidine rings is 1. The van der Waals surface area contributed by atoms with E-state index in [-0.39, 0.29) is 31.5 Å². The van der Waals surface area contributed by atoms with Crippen LogP contribution in [-0.2, 0) is 16.6 Å². The quantitative estimate of drug-likeness (QED) is 0.269. The first-order chi connectivity index (χ1) is 20.0. The smallest absolute Gasteiger partial charge is 0.416 e. The highest BCUT2D eigenvalue weighted by Crippen LogP contribution is 2.48. The number of fused-ring (bicyclic) bond motifs is 1. The average Bonchev–Trinajstić information content (AvgIpc) is 3.01. The molecular formula is C34H31F3N2O3. The molecule has 1 N–H and O–H groups in total. The van der Waals surface area contributed by atoms with Crippen molar-refractivity contribution in [2.24, 2.45) is 5.41 Å². The summed E-state index contributed by atoms with van der Waals surface area (Å²) in [6, 6.07) is 27.9. The second kappa shape index (κ2) is 11.1. The van der Waals surface area contributed by atoms with Gasteiger partial charge in [-0.2, -0.15) is 18.4 Å². The van der Waals surface area contributed by atoms with Crippen molar-refractivity contribution in [3.8, 4) is 11.8 Å². The Hall–Kier alpha value is -4.35. The third kappa shape index (κ3) is 5.21. The number of hydrogen-bond donors (Lipinski definition) is 1. The van der Waals surface area contributed by atoms with E-state index in [2.05, 4.69) is 6.07 Å². The number of methoxy groups -OCH3 is 1. The number of para-hydroxylation sites is 1. The molecule has 1 saturated heterocycles. The molecule has 1 amide bonds. The van der Waals surface area contributed by atoms with Gasteiger partial charge in [0, 0.05) is 24.6 Å². The van der Waals surface area contributed by atoms with Crippen molar-refractivity contribution < 1.29 is 27.8 Å². The van der Waals surface area contributed by atoms with E-state index in [1.807, 2.05) is 60.7 Å². The van der Waals surface area contributed by atoms with E-state index in [4.69, 9.17) is 4.74 Å². The van der Waals surface area contributed by atoms with Crippen LogP contribution in [0, 0.1) is 16.7 Å². The van der Waals surface area contributed by atoms with Gasteiger partial charge in [0.1, 0.15) is 11.2 Å². The number of carbonyl (C=O) groups excluding carboxylic acids is 1. The fraction of sp³-hybridized carbons (Fsp3) is 0.294. The van der Waals surface area contributed by atoms with E-state index in [0.29, 0.717) is 11.3 Å². The number of amides is 1. The van der Waals surface area contributed by atoms with E-state index in [1.165, 1.54) is 12.1 Å². The number of carbonyl (C=O) groups is 1. The first-order valence-electron chi connectivity index (χ1n) is 13.7. The van der Waals surface area contributed by atoms with Crippen LogP contribution in [-0.4, -0.2) is 36.1 Å². The molecule has 8 heteroatoms. The Morgan fingerprint density at radius 1 is 0.952 bits per heavy atom. The van der Waals surface area contributed by atoms with Gasteiger partial charge in [-0.3, -0.25) is 4.79 Å². The predicted molar refractivity (Wildman–Crippen MR) is 154 cm³/mol. The molecule has 5 nitrogen and oxygen atoms in total. The molecule has 0 aromatic heterocycles. The van der Waals surface area contributed by atoms with Crippen LogP contribution in [0.3, 0.4) is 0 Å². The normalized spacial score (nSPS) is 17.2. The lowest BCUT2D eigenvalue weighted by Gasteiger charge is -2.42. The molecule has 42 heavy (non-hydrogen) atoms. The Balaban J connectivity index is 1.52. The first-order valence-corrected chi connectivity index (χ1v) is 13.7. The maximum absolute atomic E-state index is 14.3. The minimum atomic E-state index is -4.53. The monoisotopic (exact) mass is 572 g/mol. The van der Waals surface area contributed by atoms with Crippen molar-refractivity contribution in [1.82, 2.24) is 4.90 Å². The lowest BCUT2D eigenvalue weighted by Crippen LogP contribution is -2.51. The van der Waals surface area contributed by atoms with Crippen molar-refractivity contribution in [1.29, 1.82) is 5.26 Å². The van der Waals surface area contributed by atoms with E-state index in [0.717, 1.165) is 28.5 Å². The SMILES string of the molecule is COc1ccccc1[C@H](c1cccc2ccccc12)[C@@](C)(C#N)C(=O)N1CCC(O)(c2cccc(C(F)(F)F)c2)CC1. The zero-order valence-electron chi connectivity index (χ0n) is 23.4. The van der Waals surface area contributed by atoms with Crippen LogP contribution in [0.25, 0.3) is 10.8 Å². The summed E-state index contributed by atoms with van der Waals surface area (Å²) in [7, 11) is 1.55. The van der Waals surface area contributed by atoms with Gasteiger partial charge < -0.3 is 14.7 Å². The topological polar surface area (TPSA) is 73.6 Å². The molecule has 0 spiro atoms. The Kier molecular flexibility index (Phi) is 7.74. The van der Waals surface area contributed by atoms with E-state index in [9.17, 15) is 28.3 Å². The molecule has 1 aliphatic rings. The van der Waals surface area contributed by atoms with Gasteiger partial charge in [-0.25, -0.2) is 0 Å². The van der Waals surface area contributed by atoms with Crippen molar-refractivity contribution in [2.45, 2.75) is 37.5 Å². The number of nitriles is 1. The Labute approximate surface area is 242 Å². The van der Waals surface area contributed by atoms with E-state index < -0.39 is 34.6 Å². The number of aliphatic hydroxyl groups is 1. The van der Waals surface area contributed by atoms with Crippen LogP contribution in [0.5, 0.6) is 5.75 Å². The summed E-state index contributed by atoms with van der Waals surface area (Å²) in [5, 5.41) is 23.9. The lowest BCUT2D eigenvalue weighted by atomic mass is 9.68. The molecule has 0 unspecified atom stereocenters. The average molecular weight is 573 g/mol. The molecule has 5 rings (SSSR count). The summed E-state index contributed by atoms with van der Waals surface area (Å²) in [5.41, 5.74) is -2.30. The highest BCUT2D eigenvalue weighted by atomic mass is 19.4. The standard InChI is InChI=1S/C34H31F3N2O3/c1-32(22-38,31(40)39-19-17-33(41,18-20-39)24-11-8-12-25(21-24)34(35,36)37)30(28-14-5-6-16-29(28)42-2)27-15-7-10-23-9-3-4-13-26(23)27/h3-16,21,30,41H,17-20H2,1-2H3/t30-,32+/m0/s1. The number of ether oxygens (including phenoxy) is 1. The molecule has 0 bridgehead atoms. The molecule has 1 aliphatic heterocycles.